The summed E-state index contributed by atoms with van der Waals surface area (Å²) in [5.41, 5.74) is 1.39. The van der Waals surface area contributed by atoms with Crippen LogP contribution < -0.4 is 15.0 Å². The van der Waals surface area contributed by atoms with Crippen molar-refractivity contribution < 1.29 is 9.47 Å². The van der Waals surface area contributed by atoms with Crippen molar-refractivity contribution in [2.24, 2.45) is 7.05 Å². The minimum absolute atomic E-state index is 0.122. The van der Waals surface area contributed by atoms with Gasteiger partial charge in [-0.3, -0.25) is 4.79 Å². The number of benzene rings is 2. The van der Waals surface area contributed by atoms with Gasteiger partial charge in [0.25, 0.3) is 5.56 Å². The van der Waals surface area contributed by atoms with E-state index in [1.54, 1.807) is 20.3 Å². The molecular weight excluding hydrogens is 402 g/mol. The van der Waals surface area contributed by atoms with Crippen LogP contribution in [0.2, 0.25) is 0 Å². The largest absolute Gasteiger partial charge is 0.493 e. The van der Waals surface area contributed by atoms with Crippen molar-refractivity contribution in [1.82, 2.24) is 24.7 Å². The number of hydrogen-bond acceptors (Lipinski definition) is 7. The van der Waals surface area contributed by atoms with E-state index in [4.69, 9.17) is 9.47 Å². The zero-order valence-corrected chi connectivity index (χ0v) is 17.9. The number of fused-ring (bicyclic) bond motifs is 1. The number of nitrogens with zero attached hydrogens (tertiary/aromatic N) is 4. The van der Waals surface area contributed by atoms with Crippen LogP contribution >= 0.6 is 11.8 Å². The summed E-state index contributed by atoms with van der Waals surface area (Å²) in [7, 11) is 5.09. The molecule has 0 aliphatic rings. The van der Waals surface area contributed by atoms with Gasteiger partial charge in [-0.25, -0.2) is 4.98 Å². The first-order valence-corrected chi connectivity index (χ1v) is 10.2. The van der Waals surface area contributed by atoms with Gasteiger partial charge < -0.3 is 19.0 Å². The van der Waals surface area contributed by atoms with Crippen LogP contribution in [0, 0.1) is 0 Å². The van der Waals surface area contributed by atoms with Crippen molar-refractivity contribution in [3.8, 4) is 22.9 Å². The van der Waals surface area contributed by atoms with Crippen LogP contribution in [0.4, 0.5) is 0 Å². The lowest BCUT2D eigenvalue weighted by Crippen LogP contribution is -2.13. The van der Waals surface area contributed by atoms with Crippen LogP contribution in [-0.2, 0) is 7.05 Å². The number of para-hydroxylation sites is 1. The van der Waals surface area contributed by atoms with Crippen molar-refractivity contribution in [3.63, 3.8) is 0 Å². The van der Waals surface area contributed by atoms with E-state index in [0.29, 0.717) is 39.2 Å². The Morgan fingerprint density at radius 3 is 2.60 bits per heavy atom. The molecule has 0 amide bonds. The minimum Gasteiger partial charge on any atom is -0.493 e. The molecule has 154 valence electrons. The van der Waals surface area contributed by atoms with E-state index in [2.05, 4.69) is 20.2 Å². The Bertz CT molecular complexity index is 1270. The zero-order valence-electron chi connectivity index (χ0n) is 17.0. The fraction of sp³-hybridized carbons (Fsp3) is 0.238. The van der Waals surface area contributed by atoms with E-state index in [-0.39, 0.29) is 10.8 Å². The molecule has 0 spiro atoms. The fourth-order valence-corrected chi connectivity index (χ4v) is 4.03. The first-order chi connectivity index (χ1) is 14.5. The van der Waals surface area contributed by atoms with Crippen molar-refractivity contribution in [2.45, 2.75) is 17.3 Å². The highest BCUT2D eigenvalue weighted by Crippen LogP contribution is 2.35. The quantitative estimate of drug-likeness (QED) is 0.474. The Morgan fingerprint density at radius 1 is 1.07 bits per heavy atom. The van der Waals surface area contributed by atoms with Crippen LogP contribution in [0.1, 0.15) is 18.0 Å². The van der Waals surface area contributed by atoms with Crippen molar-refractivity contribution >= 4 is 22.7 Å². The smallest absolute Gasteiger partial charge is 0.258 e. The van der Waals surface area contributed by atoms with Gasteiger partial charge in [-0.2, -0.15) is 0 Å². The Labute approximate surface area is 177 Å². The predicted octanol–water partition coefficient (Wildman–Crippen LogP) is 3.59. The van der Waals surface area contributed by atoms with Gasteiger partial charge in [0, 0.05) is 12.6 Å². The molecule has 2 aromatic heterocycles. The molecule has 1 N–H and O–H groups in total. The predicted molar refractivity (Wildman–Crippen MR) is 116 cm³/mol. The summed E-state index contributed by atoms with van der Waals surface area (Å²) in [6.07, 6.45) is 0. The lowest BCUT2D eigenvalue weighted by Gasteiger charge is -2.12. The maximum atomic E-state index is 12.4. The molecule has 0 saturated carbocycles. The molecule has 2 aromatic carbocycles. The molecule has 1 atom stereocenters. The third-order valence-corrected chi connectivity index (χ3v) is 5.92. The average molecular weight is 423 g/mol. The summed E-state index contributed by atoms with van der Waals surface area (Å²) in [4.78, 5) is 19.8. The van der Waals surface area contributed by atoms with Crippen molar-refractivity contribution in [3.05, 3.63) is 58.6 Å². The van der Waals surface area contributed by atoms with Gasteiger partial charge in [0.2, 0.25) is 0 Å². The number of H-pyrrole nitrogens is 1. The summed E-state index contributed by atoms with van der Waals surface area (Å²) in [6.45, 7) is 1.97. The number of methoxy groups -OCH3 is 2. The maximum Gasteiger partial charge on any atom is 0.258 e. The lowest BCUT2D eigenvalue weighted by molar-refractivity contribution is 0.355. The molecule has 2 heterocycles. The van der Waals surface area contributed by atoms with Gasteiger partial charge >= 0.3 is 0 Å². The second-order valence-corrected chi connectivity index (χ2v) is 7.97. The van der Waals surface area contributed by atoms with E-state index in [1.165, 1.54) is 11.8 Å². The summed E-state index contributed by atoms with van der Waals surface area (Å²) in [5.74, 6) is 2.57. The van der Waals surface area contributed by atoms with Gasteiger partial charge in [0.05, 0.1) is 30.4 Å². The number of ether oxygens (including phenoxy) is 2. The number of thioether (sulfide) groups is 1. The van der Waals surface area contributed by atoms with Crippen molar-refractivity contribution in [1.29, 1.82) is 0 Å². The number of aromatic amines is 1. The molecule has 0 aliphatic heterocycles. The van der Waals surface area contributed by atoms with Crippen LogP contribution in [0.25, 0.3) is 22.3 Å². The first-order valence-electron chi connectivity index (χ1n) is 9.29. The fourth-order valence-electron chi connectivity index (χ4n) is 3.16. The molecule has 8 nitrogen and oxygen atoms in total. The lowest BCUT2D eigenvalue weighted by atomic mass is 10.2. The molecule has 4 rings (SSSR count). The van der Waals surface area contributed by atoms with Gasteiger partial charge in [0.15, 0.2) is 22.5 Å². The summed E-state index contributed by atoms with van der Waals surface area (Å²) < 4.78 is 12.6. The molecule has 1 unspecified atom stereocenters. The highest BCUT2D eigenvalue weighted by atomic mass is 32.2. The zero-order chi connectivity index (χ0) is 21.3. The van der Waals surface area contributed by atoms with Crippen LogP contribution in [0.15, 0.2) is 52.4 Å². The molecule has 0 fully saturated rings. The molecular formula is C21H21N5O3S. The number of aromatic nitrogens is 5. The molecule has 30 heavy (non-hydrogen) atoms. The summed E-state index contributed by atoms with van der Waals surface area (Å²) in [6, 6.07) is 12.9. The number of nitrogens with one attached hydrogen (secondary N) is 1. The van der Waals surface area contributed by atoms with Gasteiger partial charge in [-0.05, 0) is 37.3 Å². The SMILES string of the molecule is COc1ccc(-c2nnc(SC(C)c3nc4ccccc4c(=O)[nH]3)n2C)cc1OC. The third-order valence-electron chi connectivity index (χ3n) is 4.78. The number of rotatable bonds is 6. The molecule has 0 bridgehead atoms. The van der Waals surface area contributed by atoms with E-state index >= 15 is 0 Å². The molecule has 9 heteroatoms. The first kappa shape index (κ1) is 20.0. The van der Waals surface area contributed by atoms with E-state index < -0.39 is 0 Å². The average Bonchev–Trinajstić information content (AvgIpc) is 3.13. The third kappa shape index (κ3) is 3.63. The molecule has 0 radical (unpaired) electrons. The van der Waals surface area contributed by atoms with E-state index in [0.717, 1.165) is 5.56 Å². The normalized spacial score (nSPS) is 12.1. The summed E-state index contributed by atoms with van der Waals surface area (Å²) in [5, 5.41) is 9.83. The second kappa shape index (κ2) is 8.19. The van der Waals surface area contributed by atoms with Gasteiger partial charge in [-0.15, -0.1) is 10.2 Å². The van der Waals surface area contributed by atoms with Crippen molar-refractivity contribution in [2.75, 3.05) is 14.2 Å². The highest BCUT2D eigenvalue weighted by molar-refractivity contribution is 7.99. The molecule has 4 aromatic rings. The highest BCUT2D eigenvalue weighted by Gasteiger charge is 2.18. The second-order valence-electron chi connectivity index (χ2n) is 6.66. The van der Waals surface area contributed by atoms with E-state index in [1.807, 2.05) is 54.9 Å². The standard InChI is InChI=1S/C21H21N5O3S/c1-12(18-22-15-8-6-5-7-14(15)20(27)23-18)30-21-25-24-19(26(21)2)13-9-10-16(28-3)17(11-13)29-4/h5-12H,1-4H3,(H,22,23,27). The molecule has 0 saturated heterocycles. The van der Waals surface area contributed by atoms with Crippen LogP contribution in [0.5, 0.6) is 11.5 Å². The van der Waals surface area contributed by atoms with E-state index in [9.17, 15) is 4.79 Å². The Kier molecular flexibility index (Phi) is 5.45. The van der Waals surface area contributed by atoms with Crippen LogP contribution in [-0.4, -0.2) is 39.0 Å². The monoisotopic (exact) mass is 423 g/mol. The number of hydrogen-bond donors (Lipinski definition) is 1. The van der Waals surface area contributed by atoms with Crippen LogP contribution in [0.3, 0.4) is 0 Å². The summed E-state index contributed by atoms with van der Waals surface area (Å²) >= 11 is 1.47. The Balaban J connectivity index is 1.62. The topological polar surface area (TPSA) is 94.9 Å². The van der Waals surface area contributed by atoms with Gasteiger partial charge in [0.1, 0.15) is 5.82 Å². The molecule has 0 aliphatic carbocycles. The Morgan fingerprint density at radius 2 is 1.83 bits per heavy atom. The van der Waals surface area contributed by atoms with Gasteiger partial charge in [-0.1, -0.05) is 23.9 Å². The maximum absolute atomic E-state index is 12.4. The Hall–Kier alpha value is -3.33. The minimum atomic E-state index is -0.146.